The van der Waals surface area contributed by atoms with Crippen molar-refractivity contribution in [1.29, 1.82) is 0 Å². The standard InChI is InChI=1S/C11H16F3N3/c12-11(13,14)9-6-16-17(7-9)10-4-2-1-3-8(10)5-15/h6-8,10H,1-5,15H2. The molecule has 0 amide bonds. The number of nitrogens with zero attached hydrogens (tertiary/aromatic N) is 2. The minimum atomic E-state index is -4.31. The summed E-state index contributed by atoms with van der Waals surface area (Å²) >= 11 is 0. The minimum Gasteiger partial charge on any atom is -0.330 e. The molecule has 0 aliphatic heterocycles. The maximum Gasteiger partial charge on any atom is 0.419 e. The molecule has 0 radical (unpaired) electrons. The zero-order valence-corrected chi connectivity index (χ0v) is 9.45. The van der Waals surface area contributed by atoms with Crippen molar-refractivity contribution in [2.75, 3.05) is 6.54 Å². The van der Waals surface area contributed by atoms with Crippen LogP contribution in [0.2, 0.25) is 0 Å². The van der Waals surface area contributed by atoms with E-state index in [0.29, 0.717) is 6.54 Å². The average Bonchev–Trinajstić information content (AvgIpc) is 2.77. The zero-order chi connectivity index (χ0) is 12.5. The van der Waals surface area contributed by atoms with Gasteiger partial charge in [-0.2, -0.15) is 18.3 Å². The highest BCUT2D eigenvalue weighted by molar-refractivity contribution is 5.09. The van der Waals surface area contributed by atoms with E-state index in [1.54, 1.807) is 0 Å². The monoisotopic (exact) mass is 247 g/mol. The molecule has 1 aliphatic carbocycles. The first-order chi connectivity index (χ1) is 8.02. The van der Waals surface area contributed by atoms with Crippen LogP contribution in [0.5, 0.6) is 0 Å². The summed E-state index contributed by atoms with van der Waals surface area (Å²) in [5.41, 5.74) is 4.98. The summed E-state index contributed by atoms with van der Waals surface area (Å²) in [5, 5.41) is 3.85. The highest BCUT2D eigenvalue weighted by Crippen LogP contribution is 2.35. The summed E-state index contributed by atoms with van der Waals surface area (Å²) in [6.07, 6.45) is 1.64. The van der Waals surface area contributed by atoms with Crippen molar-refractivity contribution in [3.05, 3.63) is 18.0 Å². The Hall–Kier alpha value is -1.04. The van der Waals surface area contributed by atoms with Crippen LogP contribution < -0.4 is 5.73 Å². The lowest BCUT2D eigenvalue weighted by Crippen LogP contribution is -2.29. The Bertz CT molecular complexity index is 372. The van der Waals surface area contributed by atoms with Crippen LogP contribution in [0.15, 0.2) is 12.4 Å². The molecule has 0 aromatic carbocycles. The van der Waals surface area contributed by atoms with E-state index in [1.807, 2.05) is 0 Å². The molecule has 2 atom stereocenters. The van der Waals surface area contributed by atoms with E-state index in [9.17, 15) is 13.2 Å². The molecule has 0 saturated heterocycles. The number of nitrogens with two attached hydrogens (primary N) is 1. The molecular weight excluding hydrogens is 231 g/mol. The molecule has 2 unspecified atom stereocenters. The van der Waals surface area contributed by atoms with Gasteiger partial charge in [0.2, 0.25) is 0 Å². The van der Waals surface area contributed by atoms with E-state index in [0.717, 1.165) is 38.1 Å². The summed E-state index contributed by atoms with van der Waals surface area (Å²) < 4.78 is 38.9. The van der Waals surface area contributed by atoms with Crippen LogP contribution in [0.4, 0.5) is 13.2 Å². The van der Waals surface area contributed by atoms with Crippen LogP contribution >= 0.6 is 0 Å². The molecule has 3 nitrogen and oxygen atoms in total. The van der Waals surface area contributed by atoms with Gasteiger partial charge in [-0.25, -0.2) is 0 Å². The molecule has 1 aromatic heterocycles. The molecule has 6 heteroatoms. The predicted octanol–water partition coefficient (Wildman–Crippen LogP) is 2.59. The average molecular weight is 247 g/mol. The Morgan fingerprint density at radius 3 is 2.65 bits per heavy atom. The maximum atomic E-state index is 12.5. The van der Waals surface area contributed by atoms with Crippen molar-refractivity contribution in [2.24, 2.45) is 11.7 Å². The molecule has 2 rings (SSSR count). The smallest absolute Gasteiger partial charge is 0.330 e. The fourth-order valence-corrected chi connectivity index (χ4v) is 2.48. The fraction of sp³-hybridized carbons (Fsp3) is 0.727. The predicted molar refractivity (Wildman–Crippen MR) is 57.3 cm³/mol. The van der Waals surface area contributed by atoms with Crippen LogP contribution in [0.25, 0.3) is 0 Å². The molecular formula is C11H16F3N3. The largest absolute Gasteiger partial charge is 0.419 e. The summed E-state index contributed by atoms with van der Waals surface area (Å²) in [5.74, 6) is 0.240. The van der Waals surface area contributed by atoms with E-state index in [4.69, 9.17) is 5.73 Å². The van der Waals surface area contributed by atoms with Gasteiger partial charge in [-0.15, -0.1) is 0 Å². The van der Waals surface area contributed by atoms with Gasteiger partial charge in [0.05, 0.1) is 17.8 Å². The molecule has 1 aromatic rings. The second-order valence-corrected chi connectivity index (χ2v) is 4.55. The lowest BCUT2D eigenvalue weighted by Gasteiger charge is -2.30. The van der Waals surface area contributed by atoms with Gasteiger partial charge in [0.1, 0.15) is 0 Å². The lowest BCUT2D eigenvalue weighted by molar-refractivity contribution is -0.137. The molecule has 0 bridgehead atoms. The first kappa shape index (κ1) is 12.4. The van der Waals surface area contributed by atoms with Gasteiger partial charge in [0, 0.05) is 6.20 Å². The van der Waals surface area contributed by atoms with E-state index in [1.165, 1.54) is 4.68 Å². The van der Waals surface area contributed by atoms with Crippen LogP contribution in [0, 0.1) is 5.92 Å². The van der Waals surface area contributed by atoms with E-state index in [-0.39, 0.29) is 12.0 Å². The molecule has 1 saturated carbocycles. The van der Waals surface area contributed by atoms with Gasteiger partial charge in [-0.05, 0) is 25.3 Å². The van der Waals surface area contributed by atoms with Crippen LogP contribution in [-0.4, -0.2) is 16.3 Å². The topological polar surface area (TPSA) is 43.8 Å². The van der Waals surface area contributed by atoms with E-state index < -0.39 is 11.7 Å². The number of rotatable bonds is 2. The molecule has 2 N–H and O–H groups in total. The van der Waals surface area contributed by atoms with Gasteiger partial charge < -0.3 is 5.73 Å². The summed E-state index contributed by atoms with van der Waals surface area (Å²) in [6.45, 7) is 0.506. The molecule has 96 valence electrons. The lowest BCUT2D eigenvalue weighted by atomic mass is 9.85. The fourth-order valence-electron chi connectivity index (χ4n) is 2.48. The third-order valence-corrected chi connectivity index (χ3v) is 3.44. The number of alkyl halides is 3. The van der Waals surface area contributed by atoms with E-state index in [2.05, 4.69) is 5.10 Å². The quantitative estimate of drug-likeness (QED) is 0.873. The third kappa shape index (κ3) is 2.62. The first-order valence-corrected chi connectivity index (χ1v) is 5.84. The Labute approximate surface area is 97.8 Å². The van der Waals surface area contributed by atoms with Gasteiger partial charge in [-0.3, -0.25) is 4.68 Å². The van der Waals surface area contributed by atoms with Crippen LogP contribution in [0.3, 0.4) is 0 Å². The highest BCUT2D eigenvalue weighted by atomic mass is 19.4. The van der Waals surface area contributed by atoms with Crippen molar-refractivity contribution in [2.45, 2.75) is 37.9 Å². The summed E-state index contributed by atoms with van der Waals surface area (Å²) in [4.78, 5) is 0. The number of halogens is 3. The Morgan fingerprint density at radius 2 is 2.06 bits per heavy atom. The van der Waals surface area contributed by atoms with Crippen molar-refractivity contribution >= 4 is 0 Å². The van der Waals surface area contributed by atoms with E-state index >= 15 is 0 Å². The summed E-state index contributed by atoms with van der Waals surface area (Å²) in [7, 11) is 0. The van der Waals surface area contributed by atoms with Gasteiger partial charge in [0.25, 0.3) is 0 Å². The van der Waals surface area contributed by atoms with Crippen molar-refractivity contribution < 1.29 is 13.2 Å². The van der Waals surface area contributed by atoms with Crippen molar-refractivity contribution in [3.63, 3.8) is 0 Å². The SMILES string of the molecule is NCC1CCCCC1n1cc(C(F)(F)F)cn1. The van der Waals surface area contributed by atoms with Crippen LogP contribution in [0.1, 0.15) is 37.3 Å². The van der Waals surface area contributed by atoms with Crippen molar-refractivity contribution in [3.8, 4) is 0 Å². The summed E-state index contributed by atoms with van der Waals surface area (Å²) in [6, 6.07) is 0.0184. The molecule has 1 heterocycles. The Kier molecular flexibility index (Phi) is 3.42. The minimum absolute atomic E-state index is 0.0184. The zero-order valence-electron chi connectivity index (χ0n) is 9.45. The number of hydrogen-bond acceptors (Lipinski definition) is 2. The molecule has 1 fully saturated rings. The normalized spacial score (nSPS) is 26.1. The van der Waals surface area contributed by atoms with Gasteiger partial charge in [-0.1, -0.05) is 12.8 Å². The second kappa shape index (κ2) is 4.68. The Morgan fingerprint density at radius 1 is 1.35 bits per heavy atom. The van der Waals surface area contributed by atoms with Gasteiger partial charge >= 0.3 is 6.18 Å². The number of aromatic nitrogens is 2. The molecule has 1 aliphatic rings. The molecule has 0 spiro atoms. The highest BCUT2D eigenvalue weighted by Gasteiger charge is 2.34. The molecule has 17 heavy (non-hydrogen) atoms. The third-order valence-electron chi connectivity index (χ3n) is 3.44. The maximum absolute atomic E-state index is 12.5. The van der Waals surface area contributed by atoms with Crippen molar-refractivity contribution in [1.82, 2.24) is 9.78 Å². The van der Waals surface area contributed by atoms with Crippen LogP contribution in [-0.2, 0) is 6.18 Å². The first-order valence-electron chi connectivity index (χ1n) is 5.84. The Balaban J connectivity index is 2.18. The van der Waals surface area contributed by atoms with Gasteiger partial charge in [0.15, 0.2) is 0 Å². The number of hydrogen-bond donors (Lipinski definition) is 1. The second-order valence-electron chi connectivity index (χ2n) is 4.55.